The maximum Gasteiger partial charge on any atom is 0.256 e. The van der Waals surface area contributed by atoms with Gasteiger partial charge in [0.25, 0.3) is 6.41 Å². The van der Waals surface area contributed by atoms with Gasteiger partial charge in [0.05, 0.1) is 5.60 Å². The van der Waals surface area contributed by atoms with Gasteiger partial charge in [-0.05, 0) is 20.8 Å². The van der Waals surface area contributed by atoms with Crippen LogP contribution in [0.1, 0.15) is 20.8 Å². The molecule has 0 radical (unpaired) electrons. The molecule has 3 nitrogen and oxygen atoms in total. The van der Waals surface area contributed by atoms with Gasteiger partial charge in [0.1, 0.15) is 0 Å². The molecule has 1 aliphatic heterocycles. The molecule has 1 N–H and O–H groups in total. The summed E-state index contributed by atoms with van der Waals surface area (Å²) < 4.78 is 5.22. The smallest absolute Gasteiger partial charge is 0.256 e. The van der Waals surface area contributed by atoms with E-state index in [1.54, 1.807) is 0 Å². The van der Waals surface area contributed by atoms with Gasteiger partial charge in [-0.3, -0.25) is 0 Å². The summed E-state index contributed by atoms with van der Waals surface area (Å²) in [6.45, 7) is 5.95. The highest BCUT2D eigenvalue weighted by Crippen LogP contribution is 2.14. The maximum absolute atomic E-state index is 5.22. The van der Waals surface area contributed by atoms with Gasteiger partial charge in [0.2, 0.25) is 0 Å². The monoisotopic (exact) mass is 117 g/mol. The SMILES string of the molecule is CC(C)(C)OC1NO1. The van der Waals surface area contributed by atoms with Crippen LogP contribution in [-0.2, 0) is 9.57 Å². The molecule has 0 amide bonds. The lowest BCUT2D eigenvalue weighted by molar-refractivity contribution is -0.0571. The van der Waals surface area contributed by atoms with Crippen molar-refractivity contribution in [1.29, 1.82) is 0 Å². The van der Waals surface area contributed by atoms with Crippen LogP contribution in [0, 0.1) is 0 Å². The number of hydroxylamine groups is 1. The highest BCUT2D eigenvalue weighted by Gasteiger charge is 2.28. The lowest BCUT2D eigenvalue weighted by Gasteiger charge is -2.15. The third-order valence-electron chi connectivity index (χ3n) is 0.675. The second-order valence-corrected chi connectivity index (χ2v) is 2.80. The molecule has 0 spiro atoms. The second kappa shape index (κ2) is 1.69. The number of hydrogen-bond acceptors (Lipinski definition) is 3. The fraction of sp³-hybridized carbons (Fsp3) is 1.00. The Bertz CT molecular complexity index is 82.9. The van der Waals surface area contributed by atoms with Crippen LogP contribution < -0.4 is 5.48 Å². The molecule has 0 bridgehead atoms. The lowest BCUT2D eigenvalue weighted by atomic mass is 10.2. The zero-order valence-electron chi connectivity index (χ0n) is 5.39. The molecular formula is C5H11NO2. The molecule has 0 aromatic carbocycles. The third kappa shape index (κ3) is 2.26. The van der Waals surface area contributed by atoms with Gasteiger partial charge in [-0.1, -0.05) is 0 Å². The molecule has 1 unspecified atom stereocenters. The average molecular weight is 117 g/mol. The predicted molar refractivity (Wildman–Crippen MR) is 28.8 cm³/mol. The highest BCUT2D eigenvalue weighted by molar-refractivity contribution is 4.60. The summed E-state index contributed by atoms with van der Waals surface area (Å²) in [4.78, 5) is 4.61. The van der Waals surface area contributed by atoms with E-state index in [0.717, 1.165) is 0 Å². The van der Waals surface area contributed by atoms with Crippen molar-refractivity contribution in [3.05, 3.63) is 0 Å². The number of nitrogens with one attached hydrogen (secondary N) is 1. The van der Waals surface area contributed by atoms with Crippen LogP contribution in [0.4, 0.5) is 0 Å². The van der Waals surface area contributed by atoms with E-state index in [-0.39, 0.29) is 12.0 Å². The van der Waals surface area contributed by atoms with Crippen molar-refractivity contribution in [3.63, 3.8) is 0 Å². The molecule has 1 aliphatic rings. The fourth-order valence-electron chi connectivity index (χ4n) is 0.397. The van der Waals surface area contributed by atoms with E-state index in [4.69, 9.17) is 4.74 Å². The van der Waals surface area contributed by atoms with Crippen LogP contribution in [0.3, 0.4) is 0 Å². The lowest BCUT2D eigenvalue weighted by Crippen LogP contribution is -2.21. The predicted octanol–water partition coefficient (Wildman–Crippen LogP) is 0.620. The molecule has 1 saturated heterocycles. The summed E-state index contributed by atoms with van der Waals surface area (Å²) in [5.74, 6) is 0. The number of ether oxygens (including phenoxy) is 1. The van der Waals surface area contributed by atoms with E-state index in [9.17, 15) is 0 Å². The summed E-state index contributed by atoms with van der Waals surface area (Å²) in [7, 11) is 0. The van der Waals surface area contributed by atoms with Crippen LogP contribution in [0.2, 0.25) is 0 Å². The molecule has 8 heavy (non-hydrogen) atoms. The van der Waals surface area contributed by atoms with Crippen molar-refractivity contribution in [2.24, 2.45) is 0 Å². The van der Waals surface area contributed by atoms with E-state index in [1.807, 2.05) is 20.8 Å². The van der Waals surface area contributed by atoms with Gasteiger partial charge in [-0.25, -0.2) is 4.84 Å². The zero-order valence-corrected chi connectivity index (χ0v) is 5.39. The van der Waals surface area contributed by atoms with Gasteiger partial charge in [-0.15, -0.1) is 5.48 Å². The molecule has 0 aromatic heterocycles. The average Bonchev–Trinajstić information content (AvgIpc) is 2.12. The van der Waals surface area contributed by atoms with Gasteiger partial charge in [0.15, 0.2) is 0 Å². The topological polar surface area (TPSA) is 43.7 Å². The van der Waals surface area contributed by atoms with Crippen LogP contribution >= 0.6 is 0 Å². The molecular weight excluding hydrogens is 106 g/mol. The molecule has 1 fully saturated rings. The molecule has 1 rings (SSSR count). The standard InChI is InChI=1S/C5H11NO2/c1-5(2,3)7-4-6-8-4/h4,6H,1-3H3. The van der Waals surface area contributed by atoms with Gasteiger partial charge >= 0.3 is 0 Å². The summed E-state index contributed by atoms with van der Waals surface area (Å²) in [6.07, 6.45) is -0.157. The Kier molecular flexibility index (Phi) is 1.27. The van der Waals surface area contributed by atoms with Crippen molar-refractivity contribution in [3.8, 4) is 0 Å². The van der Waals surface area contributed by atoms with Crippen molar-refractivity contribution in [2.75, 3.05) is 0 Å². The van der Waals surface area contributed by atoms with Gasteiger partial charge in [-0.2, -0.15) is 0 Å². The van der Waals surface area contributed by atoms with Crippen molar-refractivity contribution >= 4 is 0 Å². The first-order valence-corrected chi connectivity index (χ1v) is 2.67. The van der Waals surface area contributed by atoms with E-state index >= 15 is 0 Å². The van der Waals surface area contributed by atoms with Crippen LogP contribution in [-0.4, -0.2) is 12.0 Å². The van der Waals surface area contributed by atoms with Crippen molar-refractivity contribution < 1.29 is 9.57 Å². The first-order chi connectivity index (χ1) is 3.58. The Morgan fingerprint density at radius 3 is 2.12 bits per heavy atom. The Morgan fingerprint density at radius 1 is 1.50 bits per heavy atom. The largest absolute Gasteiger partial charge is 0.331 e. The number of rotatable bonds is 1. The summed E-state index contributed by atoms with van der Waals surface area (Å²) in [6, 6.07) is 0. The summed E-state index contributed by atoms with van der Waals surface area (Å²) in [5, 5.41) is 0. The van der Waals surface area contributed by atoms with Crippen molar-refractivity contribution in [2.45, 2.75) is 32.8 Å². The normalized spacial score (nSPS) is 28.1. The minimum atomic E-state index is -0.157. The van der Waals surface area contributed by atoms with Crippen molar-refractivity contribution in [1.82, 2.24) is 5.48 Å². The minimum absolute atomic E-state index is 0.103. The quantitative estimate of drug-likeness (QED) is 0.512. The molecule has 3 heteroatoms. The Hall–Kier alpha value is -0.120. The van der Waals surface area contributed by atoms with E-state index in [0.29, 0.717) is 0 Å². The van der Waals surface area contributed by atoms with Crippen LogP contribution in [0.15, 0.2) is 0 Å². The Balaban J connectivity index is 2.16. The third-order valence-corrected chi connectivity index (χ3v) is 0.675. The van der Waals surface area contributed by atoms with E-state index in [1.165, 1.54) is 0 Å². The molecule has 0 aromatic rings. The minimum Gasteiger partial charge on any atom is -0.331 e. The molecule has 48 valence electrons. The Morgan fingerprint density at radius 2 is 2.00 bits per heavy atom. The van der Waals surface area contributed by atoms with Crippen LogP contribution in [0.25, 0.3) is 0 Å². The van der Waals surface area contributed by atoms with Crippen LogP contribution in [0.5, 0.6) is 0 Å². The summed E-state index contributed by atoms with van der Waals surface area (Å²) >= 11 is 0. The Labute approximate surface area is 48.9 Å². The zero-order chi connectivity index (χ0) is 6.20. The maximum atomic E-state index is 5.22. The van der Waals surface area contributed by atoms with Gasteiger partial charge in [0, 0.05) is 0 Å². The summed E-state index contributed by atoms with van der Waals surface area (Å²) in [5.41, 5.74) is 2.47. The first-order valence-electron chi connectivity index (χ1n) is 2.67. The molecule has 1 heterocycles. The van der Waals surface area contributed by atoms with E-state index < -0.39 is 0 Å². The second-order valence-electron chi connectivity index (χ2n) is 2.80. The highest BCUT2D eigenvalue weighted by atomic mass is 16.9. The first kappa shape index (κ1) is 6.01. The van der Waals surface area contributed by atoms with Gasteiger partial charge < -0.3 is 4.74 Å². The molecule has 0 aliphatic carbocycles. The molecule has 1 atom stereocenters. The number of hydrogen-bond donors (Lipinski definition) is 1. The fourth-order valence-corrected chi connectivity index (χ4v) is 0.397. The van der Waals surface area contributed by atoms with E-state index in [2.05, 4.69) is 10.3 Å². The molecule has 0 saturated carbocycles.